The van der Waals surface area contributed by atoms with Crippen LogP contribution >= 0.6 is 0 Å². The van der Waals surface area contributed by atoms with E-state index in [1.807, 2.05) is 26.0 Å². The van der Waals surface area contributed by atoms with Gasteiger partial charge in [0.05, 0.1) is 0 Å². The Morgan fingerprint density at radius 2 is 1.33 bits per heavy atom. The molecule has 0 heterocycles. The van der Waals surface area contributed by atoms with Gasteiger partial charge in [-0.15, -0.1) is 0 Å². The van der Waals surface area contributed by atoms with Gasteiger partial charge in [-0.1, -0.05) is 0 Å². The van der Waals surface area contributed by atoms with Gasteiger partial charge in [0.25, 0.3) is 0 Å². The minimum absolute atomic E-state index is 0. The number of hydrogen-bond donors (Lipinski definition) is 0. The Bertz CT molecular complexity index is 59.2. The summed E-state index contributed by atoms with van der Waals surface area (Å²) >= 11 is 0. The third-order valence-electron chi connectivity index (χ3n) is 0. The first-order valence-electron chi connectivity index (χ1n) is 2.25. The topological polar surface area (TPSA) is 43.4 Å². The average molecular weight is 141 g/mol. The average Bonchev–Trinajstić information content (AvgIpc) is 1.25. The minimum Gasteiger partial charge on any atom is -0.550 e. The van der Waals surface area contributed by atoms with Crippen molar-refractivity contribution in [3.05, 3.63) is 0 Å². The zero-order valence-corrected chi connectivity index (χ0v) is 8.76. The van der Waals surface area contributed by atoms with E-state index in [1.165, 1.54) is 0 Å². The summed E-state index contributed by atoms with van der Waals surface area (Å²) < 4.78 is 0. The summed E-state index contributed by atoms with van der Waals surface area (Å²) in [6.07, 6.45) is 0. The van der Waals surface area contributed by atoms with E-state index in [2.05, 4.69) is 0 Å². The monoisotopic (exact) mass is 141 g/mol. The van der Waals surface area contributed by atoms with Gasteiger partial charge in [0.1, 0.15) is 0 Å². The molecule has 0 amide bonds. The fourth-order valence-corrected chi connectivity index (χ4v) is 0. The second kappa shape index (κ2) is 11.3. The van der Waals surface area contributed by atoms with Gasteiger partial charge in [-0.05, 0) is 28.1 Å². The molecule has 3 nitrogen and oxygen atoms in total. The van der Waals surface area contributed by atoms with E-state index >= 15 is 0 Å². The second-order valence-electron chi connectivity index (χ2n) is 1.83. The van der Waals surface area contributed by atoms with Crippen molar-refractivity contribution >= 4 is 5.97 Å². The largest absolute Gasteiger partial charge is 1.00 e. The van der Waals surface area contributed by atoms with Gasteiger partial charge < -0.3 is 14.8 Å². The van der Waals surface area contributed by atoms with Crippen LogP contribution in [-0.2, 0) is 4.79 Å². The molecule has 0 aromatic heterocycles. The number of aliphatic carboxylic acids is 1. The predicted octanol–water partition coefficient (Wildman–Crippen LogP) is -4.06. The van der Waals surface area contributed by atoms with Crippen LogP contribution in [0.1, 0.15) is 6.92 Å². The zero-order valence-electron chi connectivity index (χ0n) is 6.76. The van der Waals surface area contributed by atoms with Gasteiger partial charge >= 0.3 is 29.6 Å². The van der Waals surface area contributed by atoms with Crippen molar-refractivity contribution in [2.45, 2.75) is 6.92 Å². The molecule has 0 aromatic carbocycles. The molecule has 0 rings (SSSR count). The molecule has 0 N–H and O–H groups in total. The van der Waals surface area contributed by atoms with Crippen LogP contribution in [-0.4, -0.2) is 32.0 Å². The number of carbonyl (C=O) groups is 1. The number of carboxylic acids is 1. The molecule has 0 aliphatic heterocycles. The number of nitrogens with zero attached hydrogens (tertiary/aromatic N) is 1. The van der Waals surface area contributed by atoms with Gasteiger partial charge in [-0.3, -0.25) is 0 Å². The molecule has 0 aromatic rings. The molecule has 0 fully saturated rings. The Kier molecular flexibility index (Phi) is 20.3. The Morgan fingerprint density at radius 3 is 1.33 bits per heavy atom. The molecule has 0 unspecified atom stereocenters. The van der Waals surface area contributed by atoms with Crippen molar-refractivity contribution in [1.29, 1.82) is 0 Å². The first-order valence-corrected chi connectivity index (χ1v) is 2.25. The first kappa shape index (κ1) is 16.2. The van der Waals surface area contributed by atoms with E-state index in [0.717, 1.165) is 6.92 Å². The van der Waals surface area contributed by atoms with E-state index in [0.29, 0.717) is 0 Å². The molecule has 0 atom stereocenters. The second-order valence-corrected chi connectivity index (χ2v) is 1.83. The first-order chi connectivity index (χ1) is 3.46. The van der Waals surface area contributed by atoms with Gasteiger partial charge in [0.15, 0.2) is 0 Å². The van der Waals surface area contributed by atoms with Crippen LogP contribution in [0.4, 0.5) is 0 Å². The normalized spacial score (nSPS) is 6.78. The Hall–Kier alpha value is 0.430. The van der Waals surface area contributed by atoms with Gasteiger partial charge in [-0.25, -0.2) is 0 Å². The summed E-state index contributed by atoms with van der Waals surface area (Å²) in [6.45, 7) is 0.972. The van der Waals surface area contributed by atoms with Crippen molar-refractivity contribution in [2.75, 3.05) is 21.1 Å². The van der Waals surface area contributed by atoms with Crippen molar-refractivity contribution in [3.8, 4) is 0 Å². The fraction of sp³-hybridized carbons (Fsp3) is 0.800. The molecule has 0 bridgehead atoms. The van der Waals surface area contributed by atoms with Crippen molar-refractivity contribution in [2.24, 2.45) is 0 Å². The molecule has 50 valence electrons. The molecule has 0 radical (unpaired) electrons. The molecule has 4 heteroatoms. The molecule has 0 aliphatic carbocycles. The van der Waals surface area contributed by atoms with Crippen LogP contribution in [0.3, 0.4) is 0 Å². The minimum atomic E-state index is -1.08. The predicted molar refractivity (Wildman–Crippen MR) is 30.3 cm³/mol. The number of carboxylic acid groups (broad SMARTS) is 1. The fourth-order valence-electron chi connectivity index (χ4n) is 0. The summed E-state index contributed by atoms with van der Waals surface area (Å²) in [5.41, 5.74) is 0. The van der Waals surface area contributed by atoms with Gasteiger partial charge in [0.2, 0.25) is 0 Å². The van der Waals surface area contributed by atoms with Crippen molar-refractivity contribution < 1.29 is 39.5 Å². The SMILES string of the molecule is CC(=O)[O-].CN(C)C.[Na+]. The number of carbonyl (C=O) groups excluding carboxylic acids is 1. The summed E-state index contributed by atoms with van der Waals surface area (Å²) in [5, 5.41) is 8.89. The Morgan fingerprint density at radius 1 is 1.33 bits per heavy atom. The van der Waals surface area contributed by atoms with Gasteiger partial charge in [0, 0.05) is 5.97 Å². The molecule has 0 saturated carbocycles. The molecule has 9 heavy (non-hydrogen) atoms. The van der Waals surface area contributed by atoms with E-state index in [1.54, 1.807) is 0 Å². The summed E-state index contributed by atoms with van der Waals surface area (Å²) in [6, 6.07) is 0. The van der Waals surface area contributed by atoms with Crippen molar-refractivity contribution in [1.82, 2.24) is 4.90 Å². The molecule has 0 aliphatic rings. The quantitative estimate of drug-likeness (QED) is 0.322. The van der Waals surface area contributed by atoms with Crippen LogP contribution in [0.15, 0.2) is 0 Å². The van der Waals surface area contributed by atoms with Crippen LogP contribution in [0.2, 0.25) is 0 Å². The number of rotatable bonds is 0. The maximum atomic E-state index is 8.89. The van der Waals surface area contributed by atoms with E-state index in [-0.39, 0.29) is 29.6 Å². The maximum absolute atomic E-state index is 8.89. The molecule has 0 spiro atoms. The Labute approximate surface area is 78.3 Å². The van der Waals surface area contributed by atoms with Gasteiger partial charge in [-0.2, -0.15) is 0 Å². The van der Waals surface area contributed by atoms with Crippen LogP contribution < -0.4 is 34.7 Å². The van der Waals surface area contributed by atoms with Crippen LogP contribution in [0, 0.1) is 0 Å². The van der Waals surface area contributed by atoms with E-state index in [4.69, 9.17) is 9.90 Å². The third-order valence-corrected chi connectivity index (χ3v) is 0. The molecular weight excluding hydrogens is 129 g/mol. The Balaban J connectivity index is -0.0000000720. The summed E-state index contributed by atoms with van der Waals surface area (Å²) in [7, 11) is 6.00. The van der Waals surface area contributed by atoms with E-state index < -0.39 is 5.97 Å². The standard InChI is InChI=1S/C3H9N.C2H4O2.Na/c1-4(2)3;1-2(3)4;/h1-3H3;1H3,(H,3,4);/q;;+1/p-1. The summed E-state index contributed by atoms with van der Waals surface area (Å²) in [5.74, 6) is -1.08. The molecule has 0 saturated heterocycles. The smallest absolute Gasteiger partial charge is 0.550 e. The number of hydrogen-bond acceptors (Lipinski definition) is 3. The maximum Gasteiger partial charge on any atom is 1.00 e. The van der Waals surface area contributed by atoms with E-state index in [9.17, 15) is 0 Å². The molecular formula is C5H12NNaO2. The zero-order chi connectivity index (χ0) is 7.15. The van der Waals surface area contributed by atoms with Crippen LogP contribution in [0.25, 0.3) is 0 Å². The summed E-state index contributed by atoms with van der Waals surface area (Å²) in [4.78, 5) is 10.9. The van der Waals surface area contributed by atoms with Crippen LogP contribution in [0.5, 0.6) is 0 Å². The van der Waals surface area contributed by atoms with Crippen molar-refractivity contribution in [3.63, 3.8) is 0 Å². The third kappa shape index (κ3) is 1890.